The summed E-state index contributed by atoms with van der Waals surface area (Å²) in [4.78, 5) is 0. The molecule has 3 aromatic rings. The first-order chi connectivity index (χ1) is 12.1. The molecule has 0 bridgehead atoms. The fraction of sp³-hybridized carbons (Fsp3) is 0.318. The SMILES string of the molecule is CC(C)c1cccc(C(C)C)c1NCc1cccc(-n2cccn2)c1. The molecule has 3 rings (SSSR count). The Morgan fingerprint density at radius 3 is 2.20 bits per heavy atom. The van der Waals surface area contributed by atoms with Crippen molar-refractivity contribution in [2.75, 3.05) is 5.32 Å². The van der Waals surface area contributed by atoms with Gasteiger partial charge >= 0.3 is 0 Å². The van der Waals surface area contributed by atoms with Gasteiger partial charge in [0, 0.05) is 24.6 Å². The van der Waals surface area contributed by atoms with Gasteiger partial charge in [0.05, 0.1) is 5.69 Å². The van der Waals surface area contributed by atoms with Crippen LogP contribution in [-0.4, -0.2) is 9.78 Å². The molecule has 0 saturated carbocycles. The average Bonchev–Trinajstić information content (AvgIpc) is 3.14. The normalized spacial score (nSPS) is 11.3. The number of nitrogens with one attached hydrogen (secondary N) is 1. The van der Waals surface area contributed by atoms with Crippen LogP contribution in [0.15, 0.2) is 60.9 Å². The van der Waals surface area contributed by atoms with E-state index in [-0.39, 0.29) is 0 Å². The number of aromatic nitrogens is 2. The van der Waals surface area contributed by atoms with Crippen LogP contribution in [0.25, 0.3) is 5.69 Å². The molecule has 1 N–H and O–H groups in total. The molecule has 0 aliphatic rings. The van der Waals surface area contributed by atoms with Crippen LogP contribution >= 0.6 is 0 Å². The van der Waals surface area contributed by atoms with Crippen molar-refractivity contribution in [1.29, 1.82) is 0 Å². The van der Waals surface area contributed by atoms with E-state index >= 15 is 0 Å². The van der Waals surface area contributed by atoms with Crippen LogP contribution in [-0.2, 0) is 6.54 Å². The Morgan fingerprint density at radius 1 is 0.920 bits per heavy atom. The Morgan fingerprint density at radius 2 is 1.60 bits per heavy atom. The first kappa shape index (κ1) is 17.3. The number of benzene rings is 2. The summed E-state index contributed by atoms with van der Waals surface area (Å²) in [6.07, 6.45) is 3.77. The van der Waals surface area contributed by atoms with E-state index in [9.17, 15) is 0 Å². The van der Waals surface area contributed by atoms with E-state index in [0.29, 0.717) is 11.8 Å². The third-order valence-electron chi connectivity index (χ3n) is 4.52. The topological polar surface area (TPSA) is 29.9 Å². The van der Waals surface area contributed by atoms with E-state index in [2.05, 4.69) is 80.6 Å². The summed E-state index contributed by atoms with van der Waals surface area (Å²) in [6.45, 7) is 9.82. The third-order valence-corrected chi connectivity index (χ3v) is 4.52. The molecule has 0 spiro atoms. The summed E-state index contributed by atoms with van der Waals surface area (Å²) >= 11 is 0. The van der Waals surface area contributed by atoms with Gasteiger partial charge in [-0.05, 0) is 46.7 Å². The van der Waals surface area contributed by atoms with E-state index in [4.69, 9.17) is 0 Å². The molecule has 1 aromatic heterocycles. The van der Waals surface area contributed by atoms with E-state index in [1.807, 2.05) is 16.9 Å². The zero-order valence-corrected chi connectivity index (χ0v) is 15.5. The maximum Gasteiger partial charge on any atom is 0.0648 e. The van der Waals surface area contributed by atoms with Gasteiger partial charge in [0.15, 0.2) is 0 Å². The van der Waals surface area contributed by atoms with Crippen molar-refractivity contribution >= 4 is 5.69 Å². The lowest BCUT2D eigenvalue weighted by atomic mass is 9.92. The molecule has 1 heterocycles. The molecule has 0 fully saturated rings. The van der Waals surface area contributed by atoms with E-state index < -0.39 is 0 Å². The number of hydrogen-bond acceptors (Lipinski definition) is 2. The second kappa shape index (κ2) is 7.56. The summed E-state index contributed by atoms with van der Waals surface area (Å²) in [7, 11) is 0. The number of para-hydroxylation sites is 1. The quantitative estimate of drug-likeness (QED) is 0.624. The summed E-state index contributed by atoms with van der Waals surface area (Å²) in [6, 6.07) is 17.1. The van der Waals surface area contributed by atoms with Crippen LogP contribution in [0.3, 0.4) is 0 Å². The highest BCUT2D eigenvalue weighted by Crippen LogP contribution is 2.32. The first-order valence-electron chi connectivity index (χ1n) is 9.02. The van der Waals surface area contributed by atoms with Crippen molar-refractivity contribution in [1.82, 2.24) is 9.78 Å². The number of rotatable bonds is 6. The van der Waals surface area contributed by atoms with E-state index in [0.717, 1.165) is 12.2 Å². The summed E-state index contributed by atoms with van der Waals surface area (Å²) < 4.78 is 1.89. The fourth-order valence-electron chi connectivity index (χ4n) is 3.18. The standard InChI is InChI=1S/C22H27N3/c1-16(2)20-10-6-11-21(17(3)4)22(20)23-15-18-8-5-9-19(14-18)25-13-7-12-24-25/h5-14,16-17,23H,15H2,1-4H3. The molecule has 0 amide bonds. The molecule has 0 unspecified atom stereocenters. The highest BCUT2D eigenvalue weighted by atomic mass is 15.3. The van der Waals surface area contributed by atoms with Gasteiger partial charge in [-0.25, -0.2) is 4.68 Å². The van der Waals surface area contributed by atoms with Crippen molar-refractivity contribution in [2.45, 2.75) is 46.1 Å². The lowest BCUT2D eigenvalue weighted by Crippen LogP contribution is -2.08. The molecule has 25 heavy (non-hydrogen) atoms. The minimum atomic E-state index is 0.497. The molecular weight excluding hydrogens is 306 g/mol. The highest BCUT2D eigenvalue weighted by molar-refractivity contribution is 5.60. The largest absolute Gasteiger partial charge is 0.381 e. The van der Waals surface area contributed by atoms with Gasteiger partial charge in [0.25, 0.3) is 0 Å². The van der Waals surface area contributed by atoms with Crippen molar-refractivity contribution in [2.24, 2.45) is 0 Å². The van der Waals surface area contributed by atoms with E-state index in [1.165, 1.54) is 22.4 Å². The maximum absolute atomic E-state index is 4.32. The van der Waals surface area contributed by atoms with Gasteiger partial charge in [0.2, 0.25) is 0 Å². The van der Waals surface area contributed by atoms with Crippen LogP contribution in [0, 0.1) is 0 Å². The predicted octanol–water partition coefficient (Wildman–Crippen LogP) is 5.73. The van der Waals surface area contributed by atoms with Crippen LogP contribution in [0.2, 0.25) is 0 Å². The Hall–Kier alpha value is -2.55. The lowest BCUT2D eigenvalue weighted by molar-refractivity contribution is 0.832. The number of hydrogen-bond donors (Lipinski definition) is 1. The molecular formula is C22H27N3. The van der Waals surface area contributed by atoms with Crippen molar-refractivity contribution in [3.05, 3.63) is 77.6 Å². The Labute approximate surface area is 150 Å². The smallest absolute Gasteiger partial charge is 0.0648 e. The highest BCUT2D eigenvalue weighted by Gasteiger charge is 2.13. The second-order valence-electron chi connectivity index (χ2n) is 7.09. The average molecular weight is 333 g/mol. The lowest BCUT2D eigenvalue weighted by Gasteiger charge is -2.21. The molecule has 0 atom stereocenters. The fourth-order valence-corrected chi connectivity index (χ4v) is 3.18. The zero-order chi connectivity index (χ0) is 17.8. The summed E-state index contributed by atoms with van der Waals surface area (Å²) in [5.41, 5.74) is 6.40. The van der Waals surface area contributed by atoms with Gasteiger partial charge in [0.1, 0.15) is 0 Å². The maximum atomic E-state index is 4.32. The van der Waals surface area contributed by atoms with Crippen LogP contribution in [0.5, 0.6) is 0 Å². The van der Waals surface area contributed by atoms with Crippen LogP contribution in [0.1, 0.15) is 56.2 Å². The number of nitrogens with zero attached hydrogens (tertiary/aromatic N) is 2. The number of anilines is 1. The van der Waals surface area contributed by atoms with Crippen LogP contribution < -0.4 is 5.32 Å². The monoisotopic (exact) mass is 333 g/mol. The Balaban J connectivity index is 1.86. The molecule has 0 aliphatic carbocycles. The van der Waals surface area contributed by atoms with Gasteiger partial charge < -0.3 is 5.32 Å². The van der Waals surface area contributed by atoms with Gasteiger partial charge in [-0.1, -0.05) is 58.0 Å². The van der Waals surface area contributed by atoms with Gasteiger partial charge in [-0.15, -0.1) is 0 Å². The second-order valence-corrected chi connectivity index (χ2v) is 7.09. The molecule has 3 heteroatoms. The summed E-state index contributed by atoms with van der Waals surface area (Å²) in [5.74, 6) is 0.994. The third kappa shape index (κ3) is 3.93. The molecule has 2 aromatic carbocycles. The van der Waals surface area contributed by atoms with Crippen molar-refractivity contribution in [3.8, 4) is 5.69 Å². The van der Waals surface area contributed by atoms with Gasteiger partial charge in [-0.2, -0.15) is 5.10 Å². The molecule has 130 valence electrons. The predicted molar refractivity (Wildman–Crippen MR) is 106 cm³/mol. The van der Waals surface area contributed by atoms with E-state index in [1.54, 1.807) is 6.20 Å². The molecule has 0 aliphatic heterocycles. The molecule has 0 saturated heterocycles. The Bertz CT molecular complexity index is 791. The van der Waals surface area contributed by atoms with Crippen molar-refractivity contribution < 1.29 is 0 Å². The molecule has 0 radical (unpaired) electrons. The zero-order valence-electron chi connectivity index (χ0n) is 15.5. The summed E-state index contributed by atoms with van der Waals surface area (Å²) in [5, 5.41) is 8.02. The Kier molecular flexibility index (Phi) is 5.22. The van der Waals surface area contributed by atoms with Gasteiger partial charge in [-0.3, -0.25) is 0 Å². The van der Waals surface area contributed by atoms with Crippen molar-refractivity contribution in [3.63, 3.8) is 0 Å². The van der Waals surface area contributed by atoms with Crippen LogP contribution in [0.4, 0.5) is 5.69 Å². The first-order valence-corrected chi connectivity index (χ1v) is 9.02. The minimum Gasteiger partial charge on any atom is -0.381 e. The molecule has 3 nitrogen and oxygen atoms in total. The minimum absolute atomic E-state index is 0.497.